The fourth-order valence-corrected chi connectivity index (χ4v) is 1.78. The summed E-state index contributed by atoms with van der Waals surface area (Å²) in [4.78, 5) is 11.6. The smallest absolute Gasteiger partial charge is 0.161 e. The second-order valence-electron chi connectivity index (χ2n) is 3.91. The molecule has 1 heterocycles. The lowest BCUT2D eigenvalue weighted by molar-refractivity contribution is 0.101. The Morgan fingerprint density at radius 2 is 2.22 bits per heavy atom. The zero-order chi connectivity index (χ0) is 13.3. The highest BCUT2D eigenvalue weighted by atomic mass is 35.5. The van der Waals surface area contributed by atoms with E-state index in [1.807, 2.05) is 6.07 Å². The van der Waals surface area contributed by atoms with Crippen LogP contribution in [0.25, 0.3) is 5.69 Å². The van der Waals surface area contributed by atoms with Gasteiger partial charge in [0.1, 0.15) is 0 Å². The van der Waals surface area contributed by atoms with Gasteiger partial charge in [-0.3, -0.25) is 4.79 Å². The third-order valence-corrected chi connectivity index (χ3v) is 2.96. The number of nitrogens with zero attached hydrogens (tertiary/aromatic N) is 3. The standard InChI is InChI=1S/C13H10ClN3O/c1-8-12(14)7-17(16-8)13-5-10(6-15)3-4-11(13)9(2)18/h3-5,7H,1-2H3. The van der Waals surface area contributed by atoms with Gasteiger partial charge in [0, 0.05) is 11.8 Å². The average Bonchev–Trinajstić information content (AvgIpc) is 2.68. The quantitative estimate of drug-likeness (QED) is 0.779. The lowest BCUT2D eigenvalue weighted by atomic mass is 10.1. The molecule has 0 saturated carbocycles. The van der Waals surface area contributed by atoms with E-state index in [4.69, 9.17) is 16.9 Å². The second-order valence-corrected chi connectivity index (χ2v) is 4.31. The van der Waals surface area contributed by atoms with Crippen molar-refractivity contribution in [3.05, 3.63) is 46.2 Å². The Morgan fingerprint density at radius 1 is 1.50 bits per heavy atom. The van der Waals surface area contributed by atoms with E-state index in [1.54, 1.807) is 31.3 Å². The molecule has 0 atom stereocenters. The average molecular weight is 260 g/mol. The first-order valence-electron chi connectivity index (χ1n) is 5.30. The second kappa shape index (κ2) is 4.63. The summed E-state index contributed by atoms with van der Waals surface area (Å²) in [5, 5.41) is 13.6. The highest BCUT2D eigenvalue weighted by Crippen LogP contribution is 2.21. The fraction of sp³-hybridized carbons (Fsp3) is 0.154. The van der Waals surface area contributed by atoms with Crippen molar-refractivity contribution in [3.63, 3.8) is 0 Å². The van der Waals surface area contributed by atoms with Crippen LogP contribution >= 0.6 is 11.6 Å². The third-order valence-electron chi connectivity index (χ3n) is 2.59. The highest BCUT2D eigenvalue weighted by Gasteiger charge is 2.12. The molecule has 5 heteroatoms. The van der Waals surface area contributed by atoms with Crippen LogP contribution in [0.3, 0.4) is 0 Å². The van der Waals surface area contributed by atoms with Gasteiger partial charge in [-0.25, -0.2) is 4.68 Å². The molecule has 0 radical (unpaired) electrons. The van der Waals surface area contributed by atoms with Crippen LogP contribution in [0, 0.1) is 18.3 Å². The summed E-state index contributed by atoms with van der Waals surface area (Å²) < 4.78 is 1.52. The number of benzene rings is 1. The van der Waals surface area contributed by atoms with Crippen molar-refractivity contribution in [3.8, 4) is 11.8 Å². The molecule has 0 unspecified atom stereocenters. The van der Waals surface area contributed by atoms with Crippen LogP contribution in [-0.4, -0.2) is 15.6 Å². The van der Waals surface area contributed by atoms with Crippen molar-refractivity contribution in [2.75, 3.05) is 0 Å². The molecule has 1 aromatic heterocycles. The van der Waals surface area contributed by atoms with E-state index in [0.29, 0.717) is 27.5 Å². The lowest BCUT2D eigenvalue weighted by Gasteiger charge is -2.07. The minimum absolute atomic E-state index is 0.0845. The molecule has 90 valence electrons. The van der Waals surface area contributed by atoms with Gasteiger partial charge in [0.25, 0.3) is 0 Å². The summed E-state index contributed by atoms with van der Waals surface area (Å²) in [6, 6.07) is 6.90. The van der Waals surface area contributed by atoms with Crippen molar-refractivity contribution in [1.82, 2.24) is 9.78 Å². The van der Waals surface area contributed by atoms with E-state index < -0.39 is 0 Å². The summed E-state index contributed by atoms with van der Waals surface area (Å²) in [7, 11) is 0. The maximum absolute atomic E-state index is 11.6. The number of aromatic nitrogens is 2. The minimum Gasteiger partial charge on any atom is -0.294 e. The van der Waals surface area contributed by atoms with Crippen LogP contribution in [0.5, 0.6) is 0 Å². The van der Waals surface area contributed by atoms with Crippen LogP contribution in [0.15, 0.2) is 24.4 Å². The van der Waals surface area contributed by atoms with Gasteiger partial charge in [0.15, 0.2) is 5.78 Å². The van der Waals surface area contributed by atoms with E-state index in [0.717, 1.165) is 0 Å². The zero-order valence-electron chi connectivity index (χ0n) is 9.94. The molecule has 0 fully saturated rings. The lowest BCUT2D eigenvalue weighted by Crippen LogP contribution is -2.04. The van der Waals surface area contributed by atoms with Crippen LogP contribution in [0.1, 0.15) is 28.5 Å². The first-order valence-corrected chi connectivity index (χ1v) is 5.68. The number of hydrogen-bond acceptors (Lipinski definition) is 3. The van der Waals surface area contributed by atoms with Crippen molar-refractivity contribution in [1.29, 1.82) is 5.26 Å². The SMILES string of the molecule is CC(=O)c1ccc(C#N)cc1-n1cc(Cl)c(C)n1. The number of aryl methyl sites for hydroxylation is 1. The number of carbonyl (C=O) groups excluding carboxylic acids is 1. The molecular weight excluding hydrogens is 250 g/mol. The summed E-state index contributed by atoms with van der Waals surface area (Å²) in [6.45, 7) is 3.25. The van der Waals surface area contributed by atoms with E-state index in [2.05, 4.69) is 5.10 Å². The van der Waals surface area contributed by atoms with Gasteiger partial charge in [-0.1, -0.05) is 11.6 Å². The first-order chi connectivity index (χ1) is 8.52. The number of halogens is 1. The minimum atomic E-state index is -0.0845. The van der Waals surface area contributed by atoms with Gasteiger partial charge in [-0.05, 0) is 32.0 Å². The zero-order valence-corrected chi connectivity index (χ0v) is 10.7. The summed E-state index contributed by atoms with van der Waals surface area (Å²) in [6.07, 6.45) is 1.62. The molecule has 0 bridgehead atoms. The van der Waals surface area contributed by atoms with Gasteiger partial charge < -0.3 is 0 Å². The summed E-state index contributed by atoms with van der Waals surface area (Å²) in [5.41, 5.74) is 2.22. The Hall–Kier alpha value is -2.12. The van der Waals surface area contributed by atoms with Crippen LogP contribution < -0.4 is 0 Å². The van der Waals surface area contributed by atoms with E-state index in [1.165, 1.54) is 11.6 Å². The topological polar surface area (TPSA) is 58.7 Å². The molecule has 4 nitrogen and oxygen atoms in total. The Balaban J connectivity index is 2.67. The highest BCUT2D eigenvalue weighted by molar-refractivity contribution is 6.31. The molecule has 2 aromatic rings. The molecule has 2 rings (SSSR count). The van der Waals surface area contributed by atoms with Gasteiger partial charge in [-0.2, -0.15) is 10.4 Å². The number of hydrogen-bond donors (Lipinski definition) is 0. The van der Waals surface area contributed by atoms with Crippen molar-refractivity contribution in [2.24, 2.45) is 0 Å². The Bertz CT molecular complexity index is 648. The predicted molar refractivity (Wildman–Crippen MR) is 68.0 cm³/mol. The molecule has 0 N–H and O–H groups in total. The summed E-state index contributed by atoms with van der Waals surface area (Å²) >= 11 is 5.95. The number of carbonyl (C=O) groups is 1. The molecule has 18 heavy (non-hydrogen) atoms. The monoisotopic (exact) mass is 259 g/mol. The molecule has 0 saturated heterocycles. The maximum atomic E-state index is 11.6. The normalized spacial score (nSPS) is 10.1. The van der Waals surface area contributed by atoms with Crippen LogP contribution in [0.4, 0.5) is 0 Å². The van der Waals surface area contributed by atoms with Gasteiger partial charge in [-0.15, -0.1) is 0 Å². The van der Waals surface area contributed by atoms with E-state index in [-0.39, 0.29) is 5.78 Å². The molecule has 0 spiro atoms. The Kier molecular flexibility index (Phi) is 3.17. The van der Waals surface area contributed by atoms with Crippen molar-refractivity contribution in [2.45, 2.75) is 13.8 Å². The molecule has 0 amide bonds. The van der Waals surface area contributed by atoms with E-state index in [9.17, 15) is 4.79 Å². The van der Waals surface area contributed by atoms with Gasteiger partial charge >= 0.3 is 0 Å². The third kappa shape index (κ3) is 2.13. The largest absolute Gasteiger partial charge is 0.294 e. The number of nitriles is 1. The van der Waals surface area contributed by atoms with Gasteiger partial charge in [0.2, 0.25) is 0 Å². The van der Waals surface area contributed by atoms with E-state index >= 15 is 0 Å². The number of ketones is 1. The fourth-order valence-electron chi connectivity index (χ4n) is 1.65. The number of Topliss-reactive ketones (excluding diaryl/α,β-unsaturated/α-hetero) is 1. The molecular formula is C13H10ClN3O. The molecule has 0 aliphatic rings. The maximum Gasteiger partial charge on any atom is 0.161 e. The van der Waals surface area contributed by atoms with Crippen molar-refractivity contribution >= 4 is 17.4 Å². The molecule has 0 aliphatic carbocycles. The van der Waals surface area contributed by atoms with Crippen LogP contribution in [0.2, 0.25) is 5.02 Å². The number of rotatable bonds is 2. The van der Waals surface area contributed by atoms with Crippen molar-refractivity contribution < 1.29 is 4.79 Å². The Labute approximate surface area is 109 Å². The predicted octanol–water partition coefficient (Wildman–Crippen LogP) is 2.91. The first kappa shape index (κ1) is 12.3. The summed E-state index contributed by atoms with van der Waals surface area (Å²) in [5.74, 6) is -0.0845. The molecule has 1 aromatic carbocycles. The van der Waals surface area contributed by atoms with Gasteiger partial charge in [0.05, 0.1) is 28.0 Å². The van der Waals surface area contributed by atoms with Crippen LogP contribution in [-0.2, 0) is 0 Å². The Morgan fingerprint density at radius 3 is 2.72 bits per heavy atom. The molecule has 0 aliphatic heterocycles.